The van der Waals surface area contributed by atoms with Crippen molar-refractivity contribution in [1.82, 2.24) is 9.71 Å². The molecule has 0 radical (unpaired) electrons. The van der Waals surface area contributed by atoms with Crippen molar-refractivity contribution in [2.75, 3.05) is 6.54 Å². The second-order valence-corrected chi connectivity index (χ2v) is 9.53. The van der Waals surface area contributed by atoms with Gasteiger partial charge in [-0.2, -0.15) is 0 Å². The van der Waals surface area contributed by atoms with E-state index >= 15 is 0 Å². The first kappa shape index (κ1) is 16.9. The molecule has 1 fully saturated rings. The van der Waals surface area contributed by atoms with E-state index in [1.165, 1.54) is 0 Å². The van der Waals surface area contributed by atoms with Gasteiger partial charge in [-0.05, 0) is 19.3 Å². The molecule has 1 aliphatic rings. The zero-order valence-electron chi connectivity index (χ0n) is 12.8. The summed E-state index contributed by atoms with van der Waals surface area (Å²) < 4.78 is 26.8. The van der Waals surface area contributed by atoms with Gasteiger partial charge in [-0.15, -0.1) is 11.3 Å². The lowest BCUT2D eigenvalue weighted by Crippen LogP contribution is -2.39. The molecule has 1 aliphatic carbocycles. The highest BCUT2D eigenvalue weighted by molar-refractivity contribution is 7.90. The summed E-state index contributed by atoms with van der Waals surface area (Å²) in [4.78, 5) is 4.55. The third kappa shape index (κ3) is 4.25. The van der Waals surface area contributed by atoms with Crippen LogP contribution in [0.1, 0.15) is 50.7 Å². The Hall–Kier alpha value is -0.500. The molecule has 0 spiro atoms. The maximum absolute atomic E-state index is 12.1. The Balaban J connectivity index is 1.88. The first-order chi connectivity index (χ1) is 9.70. The van der Waals surface area contributed by atoms with Gasteiger partial charge in [0.1, 0.15) is 5.25 Å². The van der Waals surface area contributed by atoms with Crippen molar-refractivity contribution in [3.8, 4) is 0 Å². The van der Waals surface area contributed by atoms with Gasteiger partial charge in [0.25, 0.3) is 0 Å². The Morgan fingerprint density at radius 2 is 2.14 bits per heavy atom. The molecule has 120 valence electrons. The maximum Gasteiger partial charge on any atom is 0.217 e. The van der Waals surface area contributed by atoms with Gasteiger partial charge < -0.3 is 5.11 Å². The van der Waals surface area contributed by atoms with E-state index in [1.807, 2.05) is 5.38 Å². The number of nitrogens with zero attached hydrogens (tertiary/aromatic N) is 1. The molecule has 2 atom stereocenters. The number of aliphatic hydroxyl groups is 1. The average Bonchev–Trinajstić information content (AvgIpc) is 2.97. The van der Waals surface area contributed by atoms with Crippen LogP contribution in [0.4, 0.5) is 0 Å². The monoisotopic (exact) mass is 332 g/mol. The van der Waals surface area contributed by atoms with Gasteiger partial charge in [-0.25, -0.2) is 18.1 Å². The first-order valence-electron chi connectivity index (χ1n) is 7.31. The van der Waals surface area contributed by atoms with Crippen LogP contribution in [0.2, 0.25) is 0 Å². The highest BCUT2D eigenvalue weighted by Gasteiger charge is 2.35. The predicted molar refractivity (Wildman–Crippen MR) is 85.1 cm³/mol. The van der Waals surface area contributed by atoms with Crippen LogP contribution in [0.5, 0.6) is 0 Å². The van der Waals surface area contributed by atoms with E-state index in [9.17, 15) is 13.5 Å². The van der Waals surface area contributed by atoms with Crippen LogP contribution < -0.4 is 4.72 Å². The van der Waals surface area contributed by atoms with Crippen LogP contribution in [0.25, 0.3) is 0 Å². The molecule has 1 saturated carbocycles. The molecule has 2 unspecified atom stereocenters. The van der Waals surface area contributed by atoms with Gasteiger partial charge >= 0.3 is 0 Å². The van der Waals surface area contributed by atoms with Crippen molar-refractivity contribution in [3.63, 3.8) is 0 Å². The Labute approximate surface area is 130 Å². The molecular formula is C14H24N2O3S2. The average molecular weight is 332 g/mol. The fourth-order valence-corrected chi connectivity index (χ4v) is 5.10. The smallest absolute Gasteiger partial charge is 0.217 e. The van der Waals surface area contributed by atoms with Gasteiger partial charge in [0.05, 0.1) is 16.8 Å². The topological polar surface area (TPSA) is 79.3 Å². The van der Waals surface area contributed by atoms with E-state index in [-0.39, 0.29) is 5.41 Å². The molecule has 0 aliphatic heterocycles. The number of aliphatic hydroxyl groups excluding tert-OH is 1. The first-order valence-corrected chi connectivity index (χ1v) is 9.74. The van der Waals surface area contributed by atoms with Crippen LogP contribution in [-0.2, 0) is 21.9 Å². The number of hydrogen-bond donors (Lipinski definition) is 2. The molecule has 1 aromatic heterocycles. The summed E-state index contributed by atoms with van der Waals surface area (Å²) >= 11 is 1.56. The molecule has 0 bridgehead atoms. The minimum Gasteiger partial charge on any atom is -0.392 e. The zero-order valence-corrected chi connectivity index (χ0v) is 14.4. The predicted octanol–water partition coefficient (Wildman–Crippen LogP) is 1.82. The number of aromatic nitrogens is 1. The fourth-order valence-electron chi connectivity index (χ4n) is 2.45. The maximum atomic E-state index is 12.1. The Kier molecular flexibility index (Phi) is 5.07. The number of nitrogens with one attached hydrogen (secondary N) is 1. The Morgan fingerprint density at radius 3 is 2.67 bits per heavy atom. The molecule has 5 nitrogen and oxygen atoms in total. The number of hydrogen-bond acceptors (Lipinski definition) is 5. The molecule has 0 amide bonds. The van der Waals surface area contributed by atoms with Crippen molar-refractivity contribution in [1.29, 1.82) is 0 Å². The zero-order chi connectivity index (χ0) is 15.7. The molecule has 21 heavy (non-hydrogen) atoms. The van der Waals surface area contributed by atoms with Crippen LogP contribution in [0.15, 0.2) is 5.38 Å². The standard InChI is InChI=1S/C14H24N2O3S2/c1-14(2,3)12-9-20-13(16-12)7-8-15-21(18,19)11-6-4-5-10(11)17/h9-11,15,17H,4-8H2,1-3H3. The van der Waals surface area contributed by atoms with E-state index in [0.717, 1.165) is 17.1 Å². The van der Waals surface area contributed by atoms with Crippen LogP contribution in [-0.4, -0.2) is 36.4 Å². The largest absolute Gasteiger partial charge is 0.392 e. The van der Waals surface area contributed by atoms with E-state index in [4.69, 9.17) is 0 Å². The van der Waals surface area contributed by atoms with Crippen molar-refractivity contribution in [3.05, 3.63) is 16.1 Å². The van der Waals surface area contributed by atoms with E-state index in [0.29, 0.717) is 25.8 Å². The number of thiazole rings is 1. The molecule has 2 rings (SSSR count). The number of sulfonamides is 1. The van der Waals surface area contributed by atoms with Gasteiger partial charge in [0.2, 0.25) is 10.0 Å². The Bertz CT molecular complexity index is 575. The molecule has 0 saturated heterocycles. The molecular weight excluding hydrogens is 308 g/mol. The van der Waals surface area contributed by atoms with Crippen molar-refractivity contribution < 1.29 is 13.5 Å². The van der Waals surface area contributed by atoms with Crippen LogP contribution in [0.3, 0.4) is 0 Å². The van der Waals surface area contributed by atoms with Gasteiger partial charge in [-0.1, -0.05) is 20.8 Å². The lowest BCUT2D eigenvalue weighted by molar-refractivity contribution is 0.184. The van der Waals surface area contributed by atoms with Crippen molar-refractivity contribution in [2.24, 2.45) is 0 Å². The summed E-state index contributed by atoms with van der Waals surface area (Å²) in [6.45, 7) is 6.66. The SMILES string of the molecule is CC(C)(C)c1csc(CCNS(=O)(=O)C2CCCC2O)n1. The summed E-state index contributed by atoms with van der Waals surface area (Å²) in [6.07, 6.45) is 1.75. The third-order valence-corrected chi connectivity index (χ3v) is 6.64. The second kappa shape index (κ2) is 6.32. The summed E-state index contributed by atoms with van der Waals surface area (Å²) in [7, 11) is -3.42. The highest BCUT2D eigenvalue weighted by Crippen LogP contribution is 2.25. The van der Waals surface area contributed by atoms with E-state index in [1.54, 1.807) is 11.3 Å². The lowest BCUT2D eigenvalue weighted by Gasteiger charge is -2.16. The minimum atomic E-state index is -3.42. The van der Waals surface area contributed by atoms with Gasteiger partial charge in [0, 0.05) is 23.8 Å². The van der Waals surface area contributed by atoms with Crippen molar-refractivity contribution in [2.45, 2.75) is 63.2 Å². The summed E-state index contributed by atoms with van der Waals surface area (Å²) in [5.41, 5.74) is 1.05. The van der Waals surface area contributed by atoms with Crippen LogP contribution >= 0.6 is 11.3 Å². The molecule has 0 aromatic carbocycles. The minimum absolute atomic E-state index is 0.0161. The summed E-state index contributed by atoms with van der Waals surface area (Å²) in [5, 5.41) is 12.0. The van der Waals surface area contributed by atoms with Crippen molar-refractivity contribution >= 4 is 21.4 Å². The Morgan fingerprint density at radius 1 is 1.43 bits per heavy atom. The molecule has 2 N–H and O–H groups in total. The van der Waals surface area contributed by atoms with Gasteiger partial charge in [-0.3, -0.25) is 0 Å². The fraction of sp³-hybridized carbons (Fsp3) is 0.786. The lowest BCUT2D eigenvalue weighted by atomic mass is 9.93. The summed E-state index contributed by atoms with van der Waals surface area (Å²) in [6, 6.07) is 0. The normalized spacial score (nSPS) is 23.6. The highest BCUT2D eigenvalue weighted by atomic mass is 32.2. The van der Waals surface area contributed by atoms with Crippen LogP contribution in [0, 0.1) is 0 Å². The molecule has 1 aromatic rings. The quantitative estimate of drug-likeness (QED) is 0.862. The van der Waals surface area contributed by atoms with Gasteiger partial charge in [0.15, 0.2) is 0 Å². The molecule has 1 heterocycles. The summed E-state index contributed by atoms with van der Waals surface area (Å²) in [5.74, 6) is 0. The molecule has 7 heteroatoms. The van der Waals surface area contributed by atoms with E-state index in [2.05, 4.69) is 30.5 Å². The third-order valence-electron chi connectivity index (χ3n) is 3.78. The van der Waals surface area contributed by atoms with E-state index < -0.39 is 21.4 Å². The second-order valence-electron chi connectivity index (χ2n) is 6.60. The number of rotatable bonds is 5.